The minimum absolute atomic E-state index is 0. The Morgan fingerprint density at radius 3 is 2.05 bits per heavy atom. The molecule has 0 aromatic heterocycles. The highest BCUT2D eigenvalue weighted by Crippen LogP contribution is 2.33. The highest BCUT2D eigenvalue weighted by Gasteiger charge is 2.38. The van der Waals surface area contributed by atoms with Crippen LogP contribution in [0.25, 0.3) is 0 Å². The maximum Gasteiger partial charge on any atom is 0.0798 e. The van der Waals surface area contributed by atoms with Crippen LogP contribution in [0.4, 0.5) is 0 Å². The van der Waals surface area contributed by atoms with Crippen LogP contribution in [0.1, 0.15) is 71.1 Å². The zero-order chi connectivity index (χ0) is 14.1. The molecule has 0 spiro atoms. The molecule has 3 aliphatic rings. The van der Waals surface area contributed by atoms with Crippen LogP contribution < -0.4 is 22.3 Å². The summed E-state index contributed by atoms with van der Waals surface area (Å²) >= 11 is 0. The number of quaternary nitrogens is 1. The van der Waals surface area contributed by atoms with Gasteiger partial charge in [0.25, 0.3) is 0 Å². The molecule has 0 aliphatic carbocycles. The largest absolute Gasteiger partial charge is 1.00 e. The number of nitrogens with one attached hydrogen (secondary N) is 1. The topological polar surface area (TPSA) is 12.0 Å². The van der Waals surface area contributed by atoms with E-state index in [2.05, 4.69) is 12.2 Å². The summed E-state index contributed by atoms with van der Waals surface area (Å²) in [7, 11) is 0. The Morgan fingerprint density at radius 2 is 1.38 bits per heavy atom. The van der Waals surface area contributed by atoms with Crippen molar-refractivity contribution in [2.24, 2.45) is 5.92 Å². The zero-order valence-corrected chi connectivity index (χ0v) is 15.8. The van der Waals surface area contributed by atoms with Crippen LogP contribution in [-0.2, 0) is 0 Å². The first-order valence-electron chi connectivity index (χ1n) is 9.40. The summed E-state index contributed by atoms with van der Waals surface area (Å²) < 4.78 is 1.47. The summed E-state index contributed by atoms with van der Waals surface area (Å²) in [5, 5.41) is 3.66. The highest BCUT2D eigenvalue weighted by molar-refractivity contribution is 4.71. The second-order valence-electron chi connectivity index (χ2n) is 7.34. The molecule has 1 N–H and O–H groups in total. The van der Waals surface area contributed by atoms with Gasteiger partial charge in [-0.15, -0.1) is 0 Å². The summed E-state index contributed by atoms with van der Waals surface area (Å²) in [5.74, 6) is 1.10. The first-order valence-corrected chi connectivity index (χ1v) is 9.40. The first-order chi connectivity index (χ1) is 9.85. The average molecular weight is 361 g/mol. The van der Waals surface area contributed by atoms with E-state index in [1.165, 1.54) is 108 Å². The van der Waals surface area contributed by atoms with Crippen molar-refractivity contribution in [1.29, 1.82) is 0 Å². The minimum atomic E-state index is 0. The predicted octanol–water partition coefficient (Wildman–Crippen LogP) is 0.961. The van der Waals surface area contributed by atoms with Gasteiger partial charge in [0, 0.05) is 13.0 Å². The normalized spacial score (nSPS) is 27.6. The molecular weight excluding hydrogens is 324 g/mol. The maximum atomic E-state index is 3.66. The molecule has 126 valence electrons. The lowest BCUT2D eigenvalue weighted by molar-refractivity contribution is -0.942. The number of unbranched alkanes of at least 4 members (excludes halogenated alkanes) is 5. The van der Waals surface area contributed by atoms with E-state index in [1.807, 2.05) is 0 Å². The van der Waals surface area contributed by atoms with Gasteiger partial charge in [0.15, 0.2) is 0 Å². The van der Waals surface area contributed by atoms with E-state index in [-0.39, 0.29) is 17.0 Å². The Kier molecular flexibility index (Phi) is 10.2. The minimum Gasteiger partial charge on any atom is -1.00 e. The third kappa shape index (κ3) is 7.00. The maximum absolute atomic E-state index is 3.66. The van der Waals surface area contributed by atoms with Crippen LogP contribution in [0, 0.1) is 5.92 Å². The Labute approximate surface area is 143 Å². The SMILES string of the molecule is CCCCCCCCNCCC[N+]12CCC(CC1)CC2.[Br-]. The number of piperidine rings is 3. The van der Waals surface area contributed by atoms with Crippen LogP contribution in [0.5, 0.6) is 0 Å². The van der Waals surface area contributed by atoms with Crippen molar-refractivity contribution >= 4 is 0 Å². The van der Waals surface area contributed by atoms with Crippen LogP contribution in [0.15, 0.2) is 0 Å². The van der Waals surface area contributed by atoms with E-state index in [4.69, 9.17) is 0 Å². The predicted molar refractivity (Wildman–Crippen MR) is 87.9 cm³/mol. The van der Waals surface area contributed by atoms with Gasteiger partial charge in [-0.3, -0.25) is 0 Å². The van der Waals surface area contributed by atoms with Gasteiger partial charge in [0.1, 0.15) is 0 Å². The van der Waals surface area contributed by atoms with Gasteiger partial charge >= 0.3 is 0 Å². The molecule has 0 saturated carbocycles. The summed E-state index contributed by atoms with van der Waals surface area (Å²) in [6, 6.07) is 0. The summed E-state index contributed by atoms with van der Waals surface area (Å²) in [5.41, 5.74) is 0. The molecule has 2 nitrogen and oxygen atoms in total. The van der Waals surface area contributed by atoms with Gasteiger partial charge in [-0.2, -0.15) is 0 Å². The van der Waals surface area contributed by atoms with Gasteiger partial charge in [-0.25, -0.2) is 0 Å². The fraction of sp³-hybridized carbons (Fsp3) is 1.00. The third-order valence-corrected chi connectivity index (χ3v) is 5.73. The third-order valence-electron chi connectivity index (χ3n) is 5.73. The number of nitrogens with zero attached hydrogens (tertiary/aromatic N) is 1. The van der Waals surface area contributed by atoms with Crippen molar-refractivity contribution < 1.29 is 21.5 Å². The Hall–Kier alpha value is 0.400. The van der Waals surface area contributed by atoms with E-state index in [9.17, 15) is 0 Å². The van der Waals surface area contributed by atoms with Gasteiger partial charge in [0.05, 0.1) is 26.2 Å². The molecule has 0 atom stereocenters. The van der Waals surface area contributed by atoms with Crippen molar-refractivity contribution in [3.63, 3.8) is 0 Å². The standard InChI is InChI=1S/C18H37N2.BrH/c1-2-3-4-5-6-7-12-19-13-8-14-20-15-9-18(10-16-20)11-17-20;/h18-19H,2-17H2,1H3;1H/q+1;/p-1. The van der Waals surface area contributed by atoms with Crippen LogP contribution >= 0.6 is 0 Å². The Bertz CT molecular complexity index is 236. The smallest absolute Gasteiger partial charge is 0.0798 e. The second-order valence-corrected chi connectivity index (χ2v) is 7.34. The van der Waals surface area contributed by atoms with E-state index in [0.29, 0.717) is 0 Å². The summed E-state index contributed by atoms with van der Waals surface area (Å²) in [6.45, 7) is 10.7. The number of hydrogen-bond donors (Lipinski definition) is 1. The molecule has 3 fully saturated rings. The molecule has 0 amide bonds. The molecule has 21 heavy (non-hydrogen) atoms. The highest BCUT2D eigenvalue weighted by atomic mass is 79.9. The van der Waals surface area contributed by atoms with E-state index in [1.54, 1.807) is 0 Å². The Balaban J connectivity index is 0.00000220. The molecule has 2 bridgehead atoms. The number of fused-ring (bicyclic) bond motifs is 3. The first kappa shape index (κ1) is 19.4. The molecule has 3 rings (SSSR count). The molecule has 0 unspecified atom stereocenters. The van der Waals surface area contributed by atoms with Crippen LogP contribution in [0.2, 0.25) is 0 Å². The van der Waals surface area contributed by atoms with Crippen molar-refractivity contribution in [1.82, 2.24) is 5.32 Å². The fourth-order valence-electron chi connectivity index (χ4n) is 4.17. The lowest BCUT2D eigenvalue weighted by atomic mass is 9.85. The summed E-state index contributed by atoms with van der Waals surface area (Å²) in [6.07, 6.45) is 14.4. The molecule has 0 aromatic rings. The monoisotopic (exact) mass is 360 g/mol. The number of halogens is 1. The fourth-order valence-corrected chi connectivity index (χ4v) is 4.17. The second kappa shape index (κ2) is 11.0. The van der Waals surface area contributed by atoms with Gasteiger partial charge < -0.3 is 26.8 Å². The molecule has 3 aliphatic heterocycles. The lowest BCUT2D eigenvalue weighted by Crippen LogP contribution is -3.00. The lowest BCUT2D eigenvalue weighted by Gasteiger charge is -2.49. The van der Waals surface area contributed by atoms with Gasteiger partial charge in [0.2, 0.25) is 0 Å². The molecule has 3 heteroatoms. The molecular formula is C18H37BrN2. The molecule has 0 aromatic carbocycles. The van der Waals surface area contributed by atoms with Crippen molar-refractivity contribution in [2.75, 3.05) is 39.3 Å². The number of rotatable bonds is 11. The molecule has 3 saturated heterocycles. The quantitative estimate of drug-likeness (QED) is 0.427. The zero-order valence-electron chi connectivity index (χ0n) is 14.2. The van der Waals surface area contributed by atoms with E-state index < -0.39 is 0 Å². The van der Waals surface area contributed by atoms with Gasteiger partial charge in [-0.05, 0) is 38.1 Å². The van der Waals surface area contributed by atoms with Crippen LogP contribution in [-0.4, -0.2) is 43.8 Å². The summed E-state index contributed by atoms with van der Waals surface area (Å²) in [4.78, 5) is 0. The van der Waals surface area contributed by atoms with Gasteiger partial charge in [-0.1, -0.05) is 39.0 Å². The van der Waals surface area contributed by atoms with E-state index in [0.717, 1.165) is 5.92 Å². The van der Waals surface area contributed by atoms with Crippen LogP contribution in [0.3, 0.4) is 0 Å². The molecule has 0 radical (unpaired) electrons. The number of hydrogen-bond acceptors (Lipinski definition) is 1. The molecule has 3 heterocycles. The van der Waals surface area contributed by atoms with Crippen molar-refractivity contribution in [3.05, 3.63) is 0 Å². The van der Waals surface area contributed by atoms with Crippen molar-refractivity contribution in [3.8, 4) is 0 Å². The average Bonchev–Trinajstić information content (AvgIpc) is 2.51. The Morgan fingerprint density at radius 1 is 0.810 bits per heavy atom. The van der Waals surface area contributed by atoms with Crippen molar-refractivity contribution in [2.45, 2.75) is 71.1 Å². The van der Waals surface area contributed by atoms with E-state index >= 15 is 0 Å².